The fourth-order valence-electron chi connectivity index (χ4n) is 0.919. The van der Waals surface area contributed by atoms with E-state index in [-0.39, 0.29) is 63.0 Å². The van der Waals surface area contributed by atoms with Gasteiger partial charge < -0.3 is 9.50 Å². The van der Waals surface area contributed by atoms with Crippen LogP contribution in [-0.4, -0.2) is 70.3 Å². The number of hydrogen-bond donors (Lipinski definition) is 2. The zero-order valence-electron chi connectivity index (χ0n) is 8.80. The Balaban J connectivity index is 0.00000225. The molecule has 2 N–H and O–H groups in total. The van der Waals surface area contributed by atoms with E-state index in [9.17, 15) is 13.2 Å². The molecule has 16 heavy (non-hydrogen) atoms. The Morgan fingerprint density at radius 2 is 1.81 bits per heavy atom. The first-order valence-corrected chi connectivity index (χ1v) is 5.28. The summed E-state index contributed by atoms with van der Waals surface area (Å²) in [7, 11) is -4.50. The maximum atomic E-state index is 10.6. The quantitative estimate of drug-likeness (QED) is 0.614. The molecule has 0 bridgehead atoms. The van der Waals surface area contributed by atoms with Crippen LogP contribution in [0, 0.1) is 0 Å². The van der Waals surface area contributed by atoms with Gasteiger partial charge in [-0.05, 0) is 24.3 Å². The van der Waals surface area contributed by atoms with Gasteiger partial charge in [0.2, 0.25) is 5.91 Å². The summed E-state index contributed by atoms with van der Waals surface area (Å²) in [6.07, 6.45) is 0. The molecule has 0 aromatic heterocycles. The smallest absolute Gasteiger partial charge is 0.362 e. The Kier molecular flexibility index (Phi) is 6.71. The number of amides is 1. The summed E-state index contributed by atoms with van der Waals surface area (Å²) in [5.41, 5.74) is 0.505. The first kappa shape index (κ1) is 16.0. The van der Waals surface area contributed by atoms with Crippen molar-refractivity contribution in [2.75, 3.05) is 5.32 Å². The number of benzene rings is 1. The molecule has 0 heterocycles. The number of anilines is 1. The van der Waals surface area contributed by atoms with Gasteiger partial charge in [-0.25, -0.2) is 0 Å². The Morgan fingerprint density at radius 3 is 2.19 bits per heavy atom. The SMILES string of the molecule is CC(=O)Nc1ccc(OS(=O)(=O)O)cc1.[K]. The van der Waals surface area contributed by atoms with Gasteiger partial charge in [-0.2, -0.15) is 8.42 Å². The van der Waals surface area contributed by atoms with E-state index in [1.54, 1.807) is 0 Å². The van der Waals surface area contributed by atoms with Gasteiger partial charge in [0.15, 0.2) is 0 Å². The molecule has 1 rings (SSSR count). The molecule has 0 aliphatic carbocycles. The number of rotatable bonds is 3. The maximum absolute atomic E-state index is 10.6. The van der Waals surface area contributed by atoms with E-state index in [4.69, 9.17) is 4.55 Å². The van der Waals surface area contributed by atoms with Crippen molar-refractivity contribution in [2.45, 2.75) is 6.92 Å². The van der Waals surface area contributed by atoms with Gasteiger partial charge in [0.25, 0.3) is 0 Å². The van der Waals surface area contributed by atoms with Crippen LogP contribution in [0.3, 0.4) is 0 Å². The van der Waals surface area contributed by atoms with E-state index in [2.05, 4.69) is 9.50 Å². The molecule has 0 aliphatic rings. The van der Waals surface area contributed by atoms with Crippen LogP contribution in [0.5, 0.6) is 5.75 Å². The molecule has 1 amide bonds. The molecule has 1 aromatic carbocycles. The van der Waals surface area contributed by atoms with Crippen molar-refractivity contribution in [1.82, 2.24) is 0 Å². The van der Waals surface area contributed by atoms with Crippen LogP contribution in [0.1, 0.15) is 6.92 Å². The third-order valence-corrected chi connectivity index (χ3v) is 1.78. The molecule has 0 atom stereocenters. The monoisotopic (exact) mass is 270 g/mol. The Labute approximate surface area is 136 Å². The number of nitrogens with one attached hydrogen (secondary N) is 1. The topological polar surface area (TPSA) is 92.7 Å². The van der Waals surface area contributed by atoms with E-state index in [1.807, 2.05) is 0 Å². The first-order valence-electron chi connectivity index (χ1n) is 3.91. The number of carbonyl (C=O) groups is 1. The van der Waals surface area contributed by atoms with Gasteiger partial charge in [0, 0.05) is 64.0 Å². The molecule has 0 fully saturated rings. The minimum Gasteiger partial charge on any atom is -0.362 e. The zero-order valence-corrected chi connectivity index (χ0v) is 12.7. The van der Waals surface area contributed by atoms with Crippen LogP contribution in [0.2, 0.25) is 0 Å². The molecular formula is C8H9KNO5S. The van der Waals surface area contributed by atoms with Gasteiger partial charge in [0.05, 0.1) is 0 Å². The van der Waals surface area contributed by atoms with Crippen molar-refractivity contribution in [3.05, 3.63) is 24.3 Å². The Hall–Kier alpha value is 0.0364. The minimum absolute atomic E-state index is 0. The molecule has 0 saturated heterocycles. The molecule has 1 aromatic rings. The summed E-state index contributed by atoms with van der Waals surface area (Å²) < 4.78 is 33.2. The fourth-order valence-corrected chi connectivity index (χ4v) is 1.27. The van der Waals surface area contributed by atoms with Crippen LogP contribution >= 0.6 is 0 Å². The maximum Gasteiger partial charge on any atom is 0.446 e. The zero-order chi connectivity index (χ0) is 11.5. The molecule has 1 radical (unpaired) electrons. The average Bonchev–Trinajstić information content (AvgIpc) is 2.05. The van der Waals surface area contributed by atoms with E-state index in [0.717, 1.165) is 0 Å². The third kappa shape index (κ3) is 6.58. The Morgan fingerprint density at radius 1 is 1.31 bits per heavy atom. The van der Waals surface area contributed by atoms with E-state index in [0.29, 0.717) is 5.69 Å². The van der Waals surface area contributed by atoms with Crippen LogP contribution in [-0.2, 0) is 15.2 Å². The molecule has 8 heteroatoms. The standard InChI is InChI=1S/C8H9NO5S.K/c1-6(10)9-7-2-4-8(5-3-7)14-15(11,12)13;/h2-5H,1H3,(H,9,10)(H,11,12,13);. The van der Waals surface area contributed by atoms with Gasteiger partial charge in [-0.3, -0.25) is 9.35 Å². The molecule has 6 nitrogen and oxygen atoms in total. The van der Waals surface area contributed by atoms with E-state index < -0.39 is 10.4 Å². The molecule has 0 aliphatic heterocycles. The predicted octanol–water partition coefficient (Wildman–Crippen LogP) is 0.446. The normalized spacial score (nSPS) is 10.1. The largest absolute Gasteiger partial charge is 0.446 e. The third-order valence-electron chi connectivity index (χ3n) is 1.38. The molecule has 83 valence electrons. The minimum atomic E-state index is -4.50. The second-order valence-corrected chi connectivity index (χ2v) is 3.74. The van der Waals surface area contributed by atoms with Crippen molar-refractivity contribution in [1.29, 1.82) is 0 Å². The second kappa shape index (κ2) is 6.69. The van der Waals surface area contributed by atoms with Gasteiger partial charge >= 0.3 is 10.4 Å². The van der Waals surface area contributed by atoms with Crippen molar-refractivity contribution in [2.24, 2.45) is 0 Å². The van der Waals surface area contributed by atoms with E-state index in [1.165, 1.54) is 31.2 Å². The number of carbonyl (C=O) groups excluding carboxylic acids is 1. The van der Waals surface area contributed by atoms with Crippen molar-refractivity contribution < 1.29 is 21.9 Å². The molecule has 0 spiro atoms. The summed E-state index contributed by atoms with van der Waals surface area (Å²) in [6.45, 7) is 1.35. The van der Waals surface area contributed by atoms with Crippen LogP contribution < -0.4 is 9.50 Å². The Bertz CT molecular complexity index is 456. The van der Waals surface area contributed by atoms with Gasteiger partial charge in [0.1, 0.15) is 5.75 Å². The van der Waals surface area contributed by atoms with Crippen molar-refractivity contribution >= 4 is 73.4 Å². The summed E-state index contributed by atoms with van der Waals surface area (Å²) in [4.78, 5) is 10.6. The second-order valence-electron chi connectivity index (χ2n) is 2.72. The van der Waals surface area contributed by atoms with Crippen LogP contribution in [0.15, 0.2) is 24.3 Å². The summed E-state index contributed by atoms with van der Waals surface area (Å²) in [5, 5.41) is 2.49. The average molecular weight is 270 g/mol. The molecule has 0 unspecified atom stereocenters. The predicted molar refractivity (Wildman–Crippen MR) is 58.7 cm³/mol. The van der Waals surface area contributed by atoms with E-state index >= 15 is 0 Å². The molecular weight excluding hydrogens is 261 g/mol. The number of hydrogen-bond acceptors (Lipinski definition) is 4. The van der Waals surface area contributed by atoms with Gasteiger partial charge in [-0.1, -0.05) is 0 Å². The van der Waals surface area contributed by atoms with Gasteiger partial charge in [-0.15, -0.1) is 0 Å². The fraction of sp³-hybridized carbons (Fsp3) is 0.125. The van der Waals surface area contributed by atoms with Crippen molar-refractivity contribution in [3.8, 4) is 5.75 Å². The molecule has 0 saturated carbocycles. The van der Waals surface area contributed by atoms with Crippen LogP contribution in [0.4, 0.5) is 5.69 Å². The van der Waals surface area contributed by atoms with Crippen LogP contribution in [0.25, 0.3) is 0 Å². The van der Waals surface area contributed by atoms with Crippen molar-refractivity contribution in [3.63, 3.8) is 0 Å². The summed E-state index contributed by atoms with van der Waals surface area (Å²) in [6, 6.07) is 5.50. The summed E-state index contributed by atoms with van der Waals surface area (Å²) >= 11 is 0. The first-order chi connectivity index (χ1) is 6.87. The summed E-state index contributed by atoms with van der Waals surface area (Å²) in [5.74, 6) is -0.273.